The summed E-state index contributed by atoms with van der Waals surface area (Å²) in [5.41, 5.74) is 6.79. The molecule has 2 N–H and O–H groups in total. The molecule has 1 nitrogen and oxygen atoms in total. The van der Waals surface area contributed by atoms with E-state index in [4.69, 9.17) is 17.3 Å². The van der Waals surface area contributed by atoms with E-state index in [1.165, 1.54) is 0 Å². The predicted molar refractivity (Wildman–Crippen MR) is 55.8 cm³/mol. The van der Waals surface area contributed by atoms with Gasteiger partial charge < -0.3 is 5.73 Å². The van der Waals surface area contributed by atoms with Crippen LogP contribution >= 0.6 is 23.4 Å². The van der Waals surface area contributed by atoms with Crippen molar-refractivity contribution < 1.29 is 0 Å². The van der Waals surface area contributed by atoms with Crippen LogP contribution in [0.15, 0.2) is 23.1 Å². The first-order valence-corrected chi connectivity index (χ1v) is 5.34. The van der Waals surface area contributed by atoms with E-state index in [-0.39, 0.29) is 6.04 Å². The van der Waals surface area contributed by atoms with Gasteiger partial charge in [0, 0.05) is 10.9 Å². The van der Waals surface area contributed by atoms with Gasteiger partial charge in [0.15, 0.2) is 0 Å². The van der Waals surface area contributed by atoms with E-state index in [0.29, 0.717) is 0 Å². The second kappa shape index (κ2) is 4.17. The predicted octanol–water partition coefficient (Wildman–Crippen LogP) is 3.08. The number of hydrogen-bond acceptors (Lipinski definition) is 2. The van der Waals surface area contributed by atoms with Gasteiger partial charge in [0.05, 0.1) is 5.02 Å². The van der Waals surface area contributed by atoms with Crippen molar-refractivity contribution in [1.29, 1.82) is 0 Å². The Bertz CT molecular complexity index is 273. The third-order valence-electron chi connectivity index (χ3n) is 1.70. The Labute approximate surface area is 82.3 Å². The van der Waals surface area contributed by atoms with E-state index < -0.39 is 0 Å². The Kier molecular flexibility index (Phi) is 3.44. The molecule has 1 rings (SSSR count). The van der Waals surface area contributed by atoms with Crippen LogP contribution in [0.5, 0.6) is 0 Å². The number of thioether (sulfide) groups is 1. The summed E-state index contributed by atoms with van der Waals surface area (Å²) >= 11 is 7.64. The quantitative estimate of drug-likeness (QED) is 0.745. The molecule has 66 valence electrons. The Hall–Kier alpha value is -0.180. The van der Waals surface area contributed by atoms with Gasteiger partial charge in [0.1, 0.15) is 0 Å². The molecule has 0 spiro atoms. The molecule has 0 amide bonds. The molecule has 0 bridgehead atoms. The topological polar surface area (TPSA) is 26.0 Å². The van der Waals surface area contributed by atoms with Crippen molar-refractivity contribution in [3.8, 4) is 0 Å². The van der Waals surface area contributed by atoms with E-state index in [0.717, 1.165) is 15.5 Å². The lowest BCUT2D eigenvalue weighted by Gasteiger charge is -2.07. The molecule has 12 heavy (non-hydrogen) atoms. The molecule has 0 aliphatic heterocycles. The van der Waals surface area contributed by atoms with Gasteiger partial charge >= 0.3 is 0 Å². The molecule has 0 aromatic heterocycles. The number of nitrogens with two attached hydrogens (primary N) is 1. The molecule has 3 heteroatoms. The summed E-state index contributed by atoms with van der Waals surface area (Å²) < 4.78 is 0. The second-order valence-electron chi connectivity index (χ2n) is 2.68. The fourth-order valence-electron chi connectivity index (χ4n) is 0.966. The normalized spacial score (nSPS) is 13.0. The van der Waals surface area contributed by atoms with Crippen LogP contribution < -0.4 is 5.73 Å². The molecule has 0 heterocycles. The molecule has 1 atom stereocenters. The lowest BCUT2D eigenvalue weighted by atomic mass is 10.1. The molecule has 1 aromatic rings. The van der Waals surface area contributed by atoms with Crippen molar-refractivity contribution in [1.82, 2.24) is 0 Å². The van der Waals surface area contributed by atoms with Crippen molar-refractivity contribution in [2.45, 2.75) is 17.9 Å². The van der Waals surface area contributed by atoms with Crippen molar-refractivity contribution in [3.05, 3.63) is 28.8 Å². The van der Waals surface area contributed by atoms with Crippen LogP contribution in [0.25, 0.3) is 0 Å². The minimum absolute atomic E-state index is 0.0541. The van der Waals surface area contributed by atoms with E-state index in [1.54, 1.807) is 11.8 Å². The first kappa shape index (κ1) is 9.90. The zero-order valence-corrected chi connectivity index (χ0v) is 8.75. The van der Waals surface area contributed by atoms with Crippen LogP contribution in [-0.4, -0.2) is 6.26 Å². The maximum atomic E-state index is 6.00. The number of halogens is 1. The Morgan fingerprint density at radius 3 is 2.58 bits per heavy atom. The maximum absolute atomic E-state index is 6.00. The van der Waals surface area contributed by atoms with E-state index >= 15 is 0 Å². The minimum Gasteiger partial charge on any atom is -0.324 e. The molecule has 0 aliphatic rings. The number of rotatable bonds is 2. The first-order valence-electron chi connectivity index (χ1n) is 3.74. The molecule has 0 aliphatic carbocycles. The Morgan fingerprint density at radius 2 is 2.17 bits per heavy atom. The van der Waals surface area contributed by atoms with E-state index in [9.17, 15) is 0 Å². The fourth-order valence-corrected chi connectivity index (χ4v) is 1.84. The van der Waals surface area contributed by atoms with Gasteiger partial charge in [-0.15, -0.1) is 11.8 Å². The lowest BCUT2D eigenvalue weighted by Crippen LogP contribution is -2.04. The molecule has 0 radical (unpaired) electrons. The molecule has 0 fully saturated rings. The van der Waals surface area contributed by atoms with E-state index in [2.05, 4.69) is 0 Å². The van der Waals surface area contributed by atoms with Gasteiger partial charge in [-0.1, -0.05) is 17.7 Å². The van der Waals surface area contributed by atoms with Crippen molar-refractivity contribution in [2.24, 2.45) is 5.73 Å². The highest BCUT2D eigenvalue weighted by atomic mass is 35.5. The van der Waals surface area contributed by atoms with E-state index in [1.807, 2.05) is 31.4 Å². The summed E-state index contributed by atoms with van der Waals surface area (Å²) in [6.45, 7) is 1.95. The third kappa shape index (κ3) is 2.16. The molecule has 0 saturated heterocycles. The summed E-state index contributed by atoms with van der Waals surface area (Å²) in [4.78, 5) is 1.10. The highest BCUT2D eigenvalue weighted by Gasteiger charge is 2.03. The first-order chi connectivity index (χ1) is 5.65. The standard InChI is InChI=1S/C9H12ClNS/c1-6(11)7-3-4-9(12-2)8(10)5-7/h3-6H,11H2,1-2H3. The smallest absolute Gasteiger partial charge is 0.0545 e. The van der Waals surface area contributed by atoms with Crippen LogP contribution in [-0.2, 0) is 0 Å². The monoisotopic (exact) mass is 201 g/mol. The largest absolute Gasteiger partial charge is 0.324 e. The van der Waals surface area contributed by atoms with Crippen molar-refractivity contribution in [3.63, 3.8) is 0 Å². The van der Waals surface area contributed by atoms with Gasteiger partial charge in [0.25, 0.3) is 0 Å². The third-order valence-corrected chi connectivity index (χ3v) is 2.92. The van der Waals surface area contributed by atoms with Gasteiger partial charge in [-0.2, -0.15) is 0 Å². The highest BCUT2D eigenvalue weighted by Crippen LogP contribution is 2.27. The summed E-state index contributed by atoms with van der Waals surface area (Å²) in [5.74, 6) is 0. The molecular weight excluding hydrogens is 190 g/mol. The summed E-state index contributed by atoms with van der Waals surface area (Å²) in [7, 11) is 0. The second-order valence-corrected chi connectivity index (χ2v) is 3.94. The zero-order chi connectivity index (χ0) is 9.14. The average Bonchev–Trinajstić information content (AvgIpc) is 2.04. The zero-order valence-electron chi connectivity index (χ0n) is 7.17. The summed E-state index contributed by atoms with van der Waals surface area (Å²) in [6, 6.07) is 6.00. The minimum atomic E-state index is 0.0541. The van der Waals surface area contributed by atoms with Gasteiger partial charge in [-0.05, 0) is 30.9 Å². The van der Waals surface area contributed by atoms with Crippen molar-refractivity contribution >= 4 is 23.4 Å². The number of hydrogen-bond donors (Lipinski definition) is 1. The Balaban J connectivity index is 3.02. The highest BCUT2D eigenvalue weighted by molar-refractivity contribution is 7.98. The fraction of sp³-hybridized carbons (Fsp3) is 0.333. The summed E-state index contributed by atoms with van der Waals surface area (Å²) in [6.07, 6.45) is 2.01. The number of benzene rings is 1. The van der Waals surface area contributed by atoms with Crippen LogP contribution in [0.1, 0.15) is 18.5 Å². The average molecular weight is 202 g/mol. The lowest BCUT2D eigenvalue weighted by molar-refractivity contribution is 0.817. The van der Waals surface area contributed by atoms with Crippen molar-refractivity contribution in [2.75, 3.05) is 6.26 Å². The van der Waals surface area contributed by atoms with Crippen LogP contribution in [0.4, 0.5) is 0 Å². The van der Waals surface area contributed by atoms with Gasteiger partial charge in [-0.25, -0.2) is 0 Å². The van der Waals surface area contributed by atoms with Crippen LogP contribution in [0.2, 0.25) is 5.02 Å². The molecule has 1 aromatic carbocycles. The SMILES string of the molecule is CSc1ccc(C(C)N)cc1Cl. The molecular formula is C9H12ClNS. The molecule has 1 unspecified atom stereocenters. The summed E-state index contributed by atoms with van der Waals surface area (Å²) in [5, 5.41) is 0.789. The van der Waals surface area contributed by atoms with Gasteiger partial charge in [-0.3, -0.25) is 0 Å². The Morgan fingerprint density at radius 1 is 1.50 bits per heavy atom. The van der Waals surface area contributed by atoms with Crippen LogP contribution in [0, 0.1) is 0 Å². The maximum Gasteiger partial charge on any atom is 0.0545 e. The molecule has 0 saturated carbocycles. The van der Waals surface area contributed by atoms with Gasteiger partial charge in [0.2, 0.25) is 0 Å². The van der Waals surface area contributed by atoms with Crippen LogP contribution in [0.3, 0.4) is 0 Å².